The van der Waals surface area contributed by atoms with E-state index in [9.17, 15) is 0 Å². The zero-order chi connectivity index (χ0) is 13.8. The van der Waals surface area contributed by atoms with Gasteiger partial charge in [-0.1, -0.05) is 55.1 Å². The summed E-state index contributed by atoms with van der Waals surface area (Å²) in [5, 5.41) is 0. The first-order valence-electron chi connectivity index (χ1n) is 6.22. The second-order valence-corrected chi connectivity index (χ2v) is 4.53. The molecule has 1 heteroatoms. The van der Waals surface area contributed by atoms with Gasteiger partial charge in [0.2, 0.25) is 0 Å². The predicted molar refractivity (Wildman–Crippen MR) is 82.3 cm³/mol. The third-order valence-corrected chi connectivity index (χ3v) is 3.15. The minimum atomic E-state index is 0.852. The smallest absolute Gasteiger partial charge is 0.118 e. The van der Waals surface area contributed by atoms with Crippen LogP contribution in [0.1, 0.15) is 23.6 Å². The summed E-state index contributed by atoms with van der Waals surface area (Å²) < 4.78 is 5.17. The molecule has 2 aromatic carbocycles. The van der Waals surface area contributed by atoms with Crippen LogP contribution in [0.4, 0.5) is 0 Å². The molecule has 0 saturated heterocycles. The fourth-order valence-electron chi connectivity index (χ4n) is 2.07. The monoisotopic (exact) mass is 250 g/mol. The van der Waals surface area contributed by atoms with Gasteiger partial charge in [0, 0.05) is 0 Å². The maximum Gasteiger partial charge on any atom is 0.118 e. The highest BCUT2D eigenvalue weighted by Gasteiger charge is 2.08. The molecule has 19 heavy (non-hydrogen) atoms. The topological polar surface area (TPSA) is 9.23 Å². The SMILES string of the molecule is C=C(C)c1ccccc1C(=C)c1ccc(OC)cc1. The minimum Gasteiger partial charge on any atom is -0.497 e. The summed E-state index contributed by atoms with van der Waals surface area (Å²) in [6.45, 7) is 10.3. The lowest BCUT2D eigenvalue weighted by Crippen LogP contribution is -1.92. The number of allylic oxidation sites excluding steroid dienone is 1. The van der Waals surface area contributed by atoms with Crippen LogP contribution in [-0.4, -0.2) is 7.11 Å². The Labute approximate surface area is 114 Å². The summed E-state index contributed by atoms with van der Waals surface area (Å²) in [5.41, 5.74) is 5.41. The Morgan fingerprint density at radius 2 is 1.47 bits per heavy atom. The number of ether oxygens (including phenoxy) is 1. The number of hydrogen-bond acceptors (Lipinski definition) is 1. The van der Waals surface area contributed by atoms with E-state index in [0.717, 1.165) is 33.6 Å². The second kappa shape index (κ2) is 5.57. The highest BCUT2D eigenvalue weighted by Crippen LogP contribution is 2.29. The van der Waals surface area contributed by atoms with Crippen molar-refractivity contribution in [2.75, 3.05) is 7.11 Å². The molecule has 0 bridgehead atoms. The summed E-state index contributed by atoms with van der Waals surface area (Å²) in [7, 11) is 1.67. The van der Waals surface area contributed by atoms with Gasteiger partial charge in [-0.05, 0) is 41.3 Å². The molecule has 0 aromatic heterocycles. The summed E-state index contributed by atoms with van der Waals surface area (Å²) in [4.78, 5) is 0. The quantitative estimate of drug-likeness (QED) is 0.758. The highest BCUT2D eigenvalue weighted by molar-refractivity contribution is 5.85. The zero-order valence-corrected chi connectivity index (χ0v) is 11.4. The number of methoxy groups -OCH3 is 1. The fourth-order valence-corrected chi connectivity index (χ4v) is 2.07. The molecular formula is C18H18O. The molecule has 2 rings (SSSR count). The van der Waals surface area contributed by atoms with Gasteiger partial charge in [0.1, 0.15) is 5.75 Å². The van der Waals surface area contributed by atoms with Crippen molar-refractivity contribution in [1.82, 2.24) is 0 Å². The first-order chi connectivity index (χ1) is 9.13. The molecule has 96 valence electrons. The van der Waals surface area contributed by atoms with Crippen molar-refractivity contribution in [1.29, 1.82) is 0 Å². The van der Waals surface area contributed by atoms with Crippen molar-refractivity contribution in [3.8, 4) is 5.75 Å². The highest BCUT2D eigenvalue weighted by atomic mass is 16.5. The average Bonchev–Trinajstić information content (AvgIpc) is 2.46. The maximum absolute atomic E-state index is 5.17. The van der Waals surface area contributed by atoms with Crippen LogP contribution in [0.2, 0.25) is 0 Å². The van der Waals surface area contributed by atoms with E-state index in [1.807, 2.05) is 43.3 Å². The third kappa shape index (κ3) is 2.76. The summed E-state index contributed by atoms with van der Waals surface area (Å²) in [5.74, 6) is 0.852. The Morgan fingerprint density at radius 3 is 2.00 bits per heavy atom. The van der Waals surface area contributed by atoms with Crippen LogP contribution in [0.15, 0.2) is 61.7 Å². The molecule has 0 atom stereocenters. The van der Waals surface area contributed by atoms with E-state index in [1.54, 1.807) is 7.11 Å². The standard InChI is InChI=1S/C18H18O/c1-13(2)17-7-5-6-8-18(17)14(3)15-9-11-16(19-4)12-10-15/h5-12H,1,3H2,2,4H3. The van der Waals surface area contributed by atoms with Gasteiger partial charge in [-0.3, -0.25) is 0 Å². The maximum atomic E-state index is 5.17. The van der Waals surface area contributed by atoms with Crippen molar-refractivity contribution in [3.63, 3.8) is 0 Å². The molecule has 0 radical (unpaired) electrons. The van der Waals surface area contributed by atoms with E-state index in [0.29, 0.717) is 0 Å². The van der Waals surface area contributed by atoms with Crippen molar-refractivity contribution in [3.05, 3.63) is 78.4 Å². The Kier molecular flexibility index (Phi) is 3.86. The molecule has 0 amide bonds. The van der Waals surface area contributed by atoms with Crippen LogP contribution in [-0.2, 0) is 0 Å². The van der Waals surface area contributed by atoms with E-state index in [-0.39, 0.29) is 0 Å². The molecule has 0 aliphatic rings. The second-order valence-electron chi connectivity index (χ2n) is 4.53. The van der Waals surface area contributed by atoms with Gasteiger partial charge in [0.15, 0.2) is 0 Å². The first-order valence-corrected chi connectivity index (χ1v) is 6.22. The Morgan fingerprint density at radius 1 is 0.895 bits per heavy atom. The van der Waals surface area contributed by atoms with Crippen LogP contribution in [0.25, 0.3) is 11.1 Å². The lowest BCUT2D eigenvalue weighted by molar-refractivity contribution is 0.415. The molecule has 1 nitrogen and oxygen atoms in total. The molecular weight excluding hydrogens is 232 g/mol. The van der Waals surface area contributed by atoms with E-state index in [1.165, 1.54) is 0 Å². The molecule has 2 aromatic rings. The predicted octanol–water partition coefficient (Wildman–Crippen LogP) is 4.79. The minimum absolute atomic E-state index is 0.852. The van der Waals surface area contributed by atoms with Crippen LogP contribution >= 0.6 is 0 Å². The van der Waals surface area contributed by atoms with Gasteiger partial charge in [0.25, 0.3) is 0 Å². The molecule has 0 N–H and O–H groups in total. The van der Waals surface area contributed by atoms with Crippen LogP contribution in [0.3, 0.4) is 0 Å². The van der Waals surface area contributed by atoms with E-state index < -0.39 is 0 Å². The van der Waals surface area contributed by atoms with Crippen LogP contribution in [0.5, 0.6) is 5.75 Å². The normalized spacial score (nSPS) is 10.0. The molecule has 0 saturated carbocycles. The van der Waals surface area contributed by atoms with Gasteiger partial charge >= 0.3 is 0 Å². The number of benzene rings is 2. The molecule has 0 spiro atoms. The largest absolute Gasteiger partial charge is 0.497 e. The Hall–Kier alpha value is -2.28. The molecule has 0 heterocycles. The number of rotatable bonds is 4. The average molecular weight is 250 g/mol. The number of hydrogen-bond donors (Lipinski definition) is 0. The van der Waals surface area contributed by atoms with Gasteiger partial charge in [-0.2, -0.15) is 0 Å². The molecule has 0 aliphatic carbocycles. The van der Waals surface area contributed by atoms with Crippen molar-refractivity contribution in [2.24, 2.45) is 0 Å². The Bertz CT molecular complexity index is 606. The zero-order valence-electron chi connectivity index (χ0n) is 11.4. The van der Waals surface area contributed by atoms with Crippen LogP contribution in [0, 0.1) is 0 Å². The van der Waals surface area contributed by atoms with Crippen molar-refractivity contribution >= 4 is 11.1 Å². The van der Waals surface area contributed by atoms with Crippen molar-refractivity contribution < 1.29 is 4.74 Å². The summed E-state index contributed by atoms with van der Waals surface area (Å²) in [6.07, 6.45) is 0. The van der Waals surface area contributed by atoms with E-state index in [2.05, 4.69) is 25.3 Å². The molecule has 0 unspecified atom stereocenters. The summed E-state index contributed by atoms with van der Waals surface area (Å²) in [6, 6.07) is 16.1. The van der Waals surface area contributed by atoms with E-state index in [4.69, 9.17) is 4.74 Å². The van der Waals surface area contributed by atoms with Crippen molar-refractivity contribution in [2.45, 2.75) is 6.92 Å². The van der Waals surface area contributed by atoms with Gasteiger partial charge < -0.3 is 4.74 Å². The van der Waals surface area contributed by atoms with Crippen LogP contribution < -0.4 is 4.74 Å². The lowest BCUT2D eigenvalue weighted by atomic mass is 9.92. The summed E-state index contributed by atoms with van der Waals surface area (Å²) >= 11 is 0. The first kappa shape index (κ1) is 13.2. The third-order valence-electron chi connectivity index (χ3n) is 3.15. The van der Waals surface area contributed by atoms with Gasteiger partial charge in [-0.25, -0.2) is 0 Å². The van der Waals surface area contributed by atoms with Gasteiger partial charge in [0.05, 0.1) is 7.11 Å². The Balaban J connectivity index is 2.41. The van der Waals surface area contributed by atoms with Gasteiger partial charge in [-0.15, -0.1) is 0 Å². The lowest BCUT2D eigenvalue weighted by Gasteiger charge is -2.12. The molecule has 0 aliphatic heterocycles. The molecule has 0 fully saturated rings. The van der Waals surface area contributed by atoms with E-state index >= 15 is 0 Å². The fraction of sp³-hybridized carbons (Fsp3) is 0.111.